The lowest BCUT2D eigenvalue weighted by Gasteiger charge is -2.39. The molecule has 3 fully saturated rings. The van der Waals surface area contributed by atoms with Crippen LogP contribution in [0.5, 0.6) is 0 Å². The molecule has 2 aliphatic heterocycles. The minimum atomic E-state index is 0.300. The van der Waals surface area contributed by atoms with Gasteiger partial charge in [-0.3, -0.25) is 9.69 Å². The normalized spacial score (nSPS) is 27.8. The Balaban J connectivity index is 1.46. The lowest BCUT2D eigenvalue weighted by molar-refractivity contribution is -0.134. The second-order valence-corrected chi connectivity index (χ2v) is 6.72. The van der Waals surface area contributed by atoms with Gasteiger partial charge in [-0.05, 0) is 44.6 Å². The van der Waals surface area contributed by atoms with Gasteiger partial charge in [0, 0.05) is 32.2 Å². The van der Waals surface area contributed by atoms with E-state index in [0.29, 0.717) is 18.5 Å². The number of piperidine rings is 1. The van der Waals surface area contributed by atoms with Crippen LogP contribution in [-0.2, 0) is 9.53 Å². The van der Waals surface area contributed by atoms with Gasteiger partial charge in [0.05, 0.1) is 19.8 Å². The predicted octanol–water partition coefficient (Wildman–Crippen LogP) is 0.699. The first-order valence-corrected chi connectivity index (χ1v) is 8.63. The van der Waals surface area contributed by atoms with Crippen LogP contribution in [0.4, 0.5) is 0 Å². The average Bonchev–Trinajstić information content (AvgIpc) is 3.33. The molecular formula is C16H29N3O2. The predicted molar refractivity (Wildman–Crippen MR) is 82.2 cm³/mol. The summed E-state index contributed by atoms with van der Waals surface area (Å²) in [4.78, 5) is 17.1. The molecule has 5 nitrogen and oxygen atoms in total. The van der Waals surface area contributed by atoms with Gasteiger partial charge in [-0.1, -0.05) is 0 Å². The average molecular weight is 295 g/mol. The van der Waals surface area contributed by atoms with E-state index >= 15 is 0 Å². The van der Waals surface area contributed by atoms with E-state index in [-0.39, 0.29) is 0 Å². The third-order valence-electron chi connectivity index (χ3n) is 4.93. The highest BCUT2D eigenvalue weighted by Gasteiger charge is 2.29. The lowest BCUT2D eigenvalue weighted by Crippen LogP contribution is -2.53. The summed E-state index contributed by atoms with van der Waals surface area (Å²) in [6.45, 7) is 7.21. The van der Waals surface area contributed by atoms with Crippen molar-refractivity contribution in [2.75, 3.05) is 52.5 Å². The third kappa shape index (κ3) is 4.66. The number of likely N-dealkylation sites (tertiary alicyclic amines) is 1. The topological polar surface area (TPSA) is 44.8 Å². The SMILES string of the molecule is O=C(CNCC1CC1)N1CCCCC1CN1CCOCC1. The number of ether oxygens (including phenoxy) is 1. The van der Waals surface area contributed by atoms with Crippen LogP contribution >= 0.6 is 0 Å². The number of amides is 1. The monoisotopic (exact) mass is 295 g/mol. The van der Waals surface area contributed by atoms with Crippen LogP contribution in [0.1, 0.15) is 32.1 Å². The fourth-order valence-corrected chi connectivity index (χ4v) is 3.41. The molecule has 2 saturated heterocycles. The van der Waals surface area contributed by atoms with Crippen LogP contribution in [0, 0.1) is 5.92 Å². The summed E-state index contributed by atoms with van der Waals surface area (Å²) >= 11 is 0. The van der Waals surface area contributed by atoms with E-state index < -0.39 is 0 Å². The van der Waals surface area contributed by atoms with Crippen molar-refractivity contribution >= 4 is 5.91 Å². The fourth-order valence-electron chi connectivity index (χ4n) is 3.41. The van der Waals surface area contributed by atoms with E-state index in [1.807, 2.05) is 0 Å². The van der Waals surface area contributed by atoms with Gasteiger partial charge >= 0.3 is 0 Å². The van der Waals surface area contributed by atoms with Crippen LogP contribution in [0.2, 0.25) is 0 Å². The van der Waals surface area contributed by atoms with E-state index in [9.17, 15) is 4.79 Å². The fraction of sp³-hybridized carbons (Fsp3) is 0.938. The van der Waals surface area contributed by atoms with Crippen molar-refractivity contribution in [3.05, 3.63) is 0 Å². The number of hydrogen-bond acceptors (Lipinski definition) is 4. The highest BCUT2D eigenvalue weighted by molar-refractivity contribution is 5.78. The Labute approximate surface area is 128 Å². The molecule has 1 unspecified atom stereocenters. The number of carbonyl (C=O) groups excluding carboxylic acids is 1. The van der Waals surface area contributed by atoms with Crippen molar-refractivity contribution in [2.24, 2.45) is 5.92 Å². The number of nitrogens with one attached hydrogen (secondary N) is 1. The quantitative estimate of drug-likeness (QED) is 0.783. The van der Waals surface area contributed by atoms with Crippen molar-refractivity contribution in [1.82, 2.24) is 15.1 Å². The number of nitrogens with zero attached hydrogens (tertiary/aromatic N) is 2. The Morgan fingerprint density at radius 3 is 2.67 bits per heavy atom. The Morgan fingerprint density at radius 2 is 1.90 bits per heavy atom. The van der Waals surface area contributed by atoms with Gasteiger partial charge in [-0.15, -0.1) is 0 Å². The minimum Gasteiger partial charge on any atom is -0.379 e. The molecule has 21 heavy (non-hydrogen) atoms. The number of rotatable bonds is 6. The maximum Gasteiger partial charge on any atom is 0.236 e. The van der Waals surface area contributed by atoms with Crippen LogP contribution in [0.15, 0.2) is 0 Å². The first-order chi connectivity index (χ1) is 10.3. The van der Waals surface area contributed by atoms with Gasteiger partial charge in [0.1, 0.15) is 0 Å². The Hall–Kier alpha value is -0.650. The molecule has 1 aliphatic carbocycles. The molecule has 120 valence electrons. The highest BCUT2D eigenvalue weighted by Crippen LogP contribution is 2.27. The summed E-state index contributed by atoms with van der Waals surface area (Å²) in [5.41, 5.74) is 0. The number of carbonyl (C=O) groups is 1. The molecule has 1 N–H and O–H groups in total. The van der Waals surface area contributed by atoms with E-state index in [1.165, 1.54) is 19.3 Å². The zero-order chi connectivity index (χ0) is 14.5. The third-order valence-corrected chi connectivity index (χ3v) is 4.93. The highest BCUT2D eigenvalue weighted by atomic mass is 16.5. The minimum absolute atomic E-state index is 0.300. The summed E-state index contributed by atoms with van der Waals surface area (Å²) in [6.07, 6.45) is 6.25. The van der Waals surface area contributed by atoms with Crippen molar-refractivity contribution in [1.29, 1.82) is 0 Å². The molecule has 1 saturated carbocycles. The van der Waals surface area contributed by atoms with E-state index in [0.717, 1.165) is 64.7 Å². The maximum atomic E-state index is 12.5. The zero-order valence-corrected chi connectivity index (χ0v) is 13.1. The summed E-state index contributed by atoms with van der Waals surface area (Å²) < 4.78 is 5.41. The lowest BCUT2D eigenvalue weighted by atomic mass is 10.0. The molecule has 0 spiro atoms. The van der Waals surface area contributed by atoms with Crippen LogP contribution in [-0.4, -0.2) is 74.2 Å². The second-order valence-electron chi connectivity index (χ2n) is 6.72. The van der Waals surface area contributed by atoms with Crippen molar-refractivity contribution in [3.8, 4) is 0 Å². The van der Waals surface area contributed by atoms with Gasteiger partial charge in [0.15, 0.2) is 0 Å². The summed E-state index contributed by atoms with van der Waals surface area (Å²) in [5, 5.41) is 3.34. The molecule has 3 rings (SSSR count). The molecule has 0 aromatic carbocycles. The van der Waals surface area contributed by atoms with E-state index in [4.69, 9.17) is 4.74 Å². The molecule has 0 bridgehead atoms. The zero-order valence-electron chi connectivity index (χ0n) is 13.1. The Kier molecular flexibility index (Phi) is 5.49. The largest absolute Gasteiger partial charge is 0.379 e. The first-order valence-electron chi connectivity index (χ1n) is 8.63. The van der Waals surface area contributed by atoms with Gasteiger partial charge in [-0.2, -0.15) is 0 Å². The van der Waals surface area contributed by atoms with Crippen LogP contribution in [0.3, 0.4) is 0 Å². The molecule has 1 amide bonds. The van der Waals surface area contributed by atoms with Crippen molar-refractivity contribution in [3.63, 3.8) is 0 Å². The number of hydrogen-bond donors (Lipinski definition) is 1. The molecular weight excluding hydrogens is 266 g/mol. The standard InChI is InChI=1S/C16H29N3O2/c20-16(12-17-11-14-4-5-14)19-6-2-1-3-15(19)13-18-7-9-21-10-8-18/h14-15,17H,1-13H2. The van der Waals surface area contributed by atoms with Gasteiger partial charge in [0.2, 0.25) is 5.91 Å². The second kappa shape index (κ2) is 7.56. The van der Waals surface area contributed by atoms with Crippen LogP contribution < -0.4 is 5.32 Å². The molecule has 0 radical (unpaired) electrons. The molecule has 1 atom stereocenters. The summed E-state index contributed by atoms with van der Waals surface area (Å²) in [5.74, 6) is 1.14. The number of morpholine rings is 1. The van der Waals surface area contributed by atoms with E-state index in [2.05, 4.69) is 15.1 Å². The molecule has 0 aromatic heterocycles. The molecule has 3 aliphatic rings. The summed E-state index contributed by atoms with van der Waals surface area (Å²) in [7, 11) is 0. The Bertz CT molecular complexity index is 340. The smallest absolute Gasteiger partial charge is 0.236 e. The van der Waals surface area contributed by atoms with Gasteiger partial charge in [0.25, 0.3) is 0 Å². The van der Waals surface area contributed by atoms with Crippen molar-refractivity contribution < 1.29 is 9.53 Å². The van der Waals surface area contributed by atoms with Crippen LogP contribution in [0.25, 0.3) is 0 Å². The van der Waals surface area contributed by atoms with E-state index in [1.54, 1.807) is 0 Å². The Morgan fingerprint density at radius 1 is 1.10 bits per heavy atom. The molecule has 0 aromatic rings. The maximum absolute atomic E-state index is 12.5. The molecule has 5 heteroatoms. The first kappa shape index (κ1) is 15.3. The van der Waals surface area contributed by atoms with Gasteiger partial charge < -0.3 is 15.0 Å². The van der Waals surface area contributed by atoms with Gasteiger partial charge in [-0.25, -0.2) is 0 Å². The summed E-state index contributed by atoms with van der Waals surface area (Å²) in [6, 6.07) is 0.409. The van der Waals surface area contributed by atoms with Crippen molar-refractivity contribution in [2.45, 2.75) is 38.1 Å². The molecule has 2 heterocycles.